The van der Waals surface area contributed by atoms with Crippen molar-refractivity contribution in [3.05, 3.63) is 41.9 Å². The van der Waals surface area contributed by atoms with Crippen LogP contribution in [0.1, 0.15) is 5.56 Å². The first kappa shape index (κ1) is 7.42. The van der Waals surface area contributed by atoms with Crippen molar-refractivity contribution in [2.45, 2.75) is 6.10 Å². The molecule has 2 aliphatic heterocycles. The molecule has 3 heterocycles. The van der Waals surface area contributed by atoms with Gasteiger partial charge in [0.2, 0.25) is 0 Å². The van der Waals surface area contributed by atoms with Gasteiger partial charge in [-0.15, -0.1) is 0 Å². The Kier molecular flexibility index (Phi) is 1.46. The van der Waals surface area contributed by atoms with Crippen molar-refractivity contribution in [3.63, 3.8) is 0 Å². The number of pyridine rings is 1. The third kappa shape index (κ3) is 1.04. The molecule has 3 heteroatoms. The van der Waals surface area contributed by atoms with Gasteiger partial charge in [0.05, 0.1) is 5.57 Å². The number of ether oxygens (including phenoxy) is 1. The maximum atomic E-state index is 5.69. The molecule has 1 aromatic rings. The molecule has 1 unspecified atom stereocenters. The fourth-order valence-electron chi connectivity index (χ4n) is 1.53. The summed E-state index contributed by atoms with van der Waals surface area (Å²) < 4.78 is 5.69. The van der Waals surface area contributed by atoms with E-state index in [9.17, 15) is 0 Å². The molecule has 1 atom stereocenters. The molecular formula is C11H7N2O+. The molecule has 14 heavy (non-hydrogen) atoms. The second-order valence-electron chi connectivity index (χ2n) is 3.13. The Balaban J connectivity index is 2.13. The molecule has 2 aliphatic rings. The Labute approximate surface area is 81.5 Å². The number of fused-ring (bicyclic) bond motifs is 2. The SMILES string of the molecule is [C+]1=CN=CC2=Cc3cnccc3OC12. The number of aliphatic imine (C=N–C) groups is 1. The van der Waals surface area contributed by atoms with Crippen LogP contribution in [0.3, 0.4) is 0 Å². The van der Waals surface area contributed by atoms with Gasteiger partial charge >= 0.3 is 6.10 Å². The molecular weight excluding hydrogens is 176 g/mol. The second-order valence-corrected chi connectivity index (χ2v) is 3.13. The van der Waals surface area contributed by atoms with Crippen LogP contribution in [0.5, 0.6) is 5.75 Å². The Hall–Kier alpha value is -1.99. The van der Waals surface area contributed by atoms with Crippen molar-refractivity contribution in [1.29, 1.82) is 0 Å². The van der Waals surface area contributed by atoms with Crippen LogP contribution < -0.4 is 4.74 Å². The summed E-state index contributed by atoms with van der Waals surface area (Å²) in [6.07, 6.45) is 11.9. The molecule has 0 aromatic carbocycles. The summed E-state index contributed by atoms with van der Waals surface area (Å²) in [6.45, 7) is 0. The molecule has 0 radical (unpaired) electrons. The highest BCUT2D eigenvalue weighted by Crippen LogP contribution is 2.29. The van der Waals surface area contributed by atoms with Crippen LogP contribution in [-0.4, -0.2) is 17.3 Å². The van der Waals surface area contributed by atoms with E-state index in [1.807, 2.05) is 12.1 Å². The van der Waals surface area contributed by atoms with E-state index < -0.39 is 0 Å². The number of hydrogen-bond acceptors (Lipinski definition) is 3. The molecule has 66 valence electrons. The van der Waals surface area contributed by atoms with Gasteiger partial charge in [-0.1, -0.05) is 0 Å². The van der Waals surface area contributed by atoms with Gasteiger partial charge in [0.15, 0.2) is 0 Å². The maximum absolute atomic E-state index is 5.69. The topological polar surface area (TPSA) is 34.5 Å². The van der Waals surface area contributed by atoms with Crippen LogP contribution in [-0.2, 0) is 0 Å². The van der Waals surface area contributed by atoms with Crippen molar-refractivity contribution in [1.82, 2.24) is 4.98 Å². The van der Waals surface area contributed by atoms with Crippen LogP contribution in [0.2, 0.25) is 0 Å². The van der Waals surface area contributed by atoms with Crippen molar-refractivity contribution in [2.75, 3.05) is 0 Å². The fourth-order valence-corrected chi connectivity index (χ4v) is 1.53. The molecule has 0 saturated carbocycles. The van der Waals surface area contributed by atoms with Crippen LogP contribution in [0.4, 0.5) is 0 Å². The minimum Gasteiger partial charge on any atom is -0.437 e. The zero-order chi connectivity index (χ0) is 9.38. The van der Waals surface area contributed by atoms with E-state index in [4.69, 9.17) is 4.74 Å². The molecule has 3 nitrogen and oxygen atoms in total. The standard InChI is InChI=1S/C11H7N2O/c1-3-12-6-8-5-9-7-13-4-2-11(9)14-10(1)8/h1,3-7,11H/q+1. The van der Waals surface area contributed by atoms with Crippen LogP contribution in [0, 0.1) is 6.08 Å². The number of rotatable bonds is 0. The molecule has 0 aliphatic carbocycles. The maximum Gasteiger partial charge on any atom is 0.343 e. The zero-order valence-electron chi connectivity index (χ0n) is 7.34. The lowest BCUT2D eigenvalue weighted by Crippen LogP contribution is -2.23. The van der Waals surface area contributed by atoms with Crippen LogP contribution in [0.15, 0.2) is 35.2 Å². The van der Waals surface area contributed by atoms with E-state index >= 15 is 0 Å². The summed E-state index contributed by atoms with van der Waals surface area (Å²) in [5, 5.41) is 0. The lowest BCUT2D eigenvalue weighted by atomic mass is 10.0. The first-order valence-electron chi connectivity index (χ1n) is 4.37. The first-order valence-corrected chi connectivity index (χ1v) is 4.37. The smallest absolute Gasteiger partial charge is 0.343 e. The normalized spacial score (nSPS) is 21.4. The molecule has 0 saturated heterocycles. The van der Waals surface area contributed by atoms with Gasteiger partial charge < -0.3 is 4.74 Å². The summed E-state index contributed by atoms with van der Waals surface area (Å²) in [6, 6.07) is 1.86. The van der Waals surface area contributed by atoms with Crippen molar-refractivity contribution in [3.8, 4) is 5.75 Å². The minimum absolute atomic E-state index is 0.109. The summed E-state index contributed by atoms with van der Waals surface area (Å²) in [4.78, 5) is 8.04. The fraction of sp³-hybridized carbons (Fsp3) is 0.0909. The number of aromatic nitrogens is 1. The van der Waals surface area contributed by atoms with E-state index in [0.717, 1.165) is 16.9 Å². The Morgan fingerprint density at radius 2 is 2.43 bits per heavy atom. The molecule has 0 spiro atoms. The Bertz CT molecular complexity index is 460. The Morgan fingerprint density at radius 3 is 3.43 bits per heavy atom. The highest BCUT2D eigenvalue weighted by atomic mass is 16.5. The molecule has 0 bridgehead atoms. The van der Waals surface area contributed by atoms with E-state index in [2.05, 4.69) is 16.1 Å². The van der Waals surface area contributed by atoms with E-state index in [-0.39, 0.29) is 6.10 Å². The quantitative estimate of drug-likeness (QED) is 0.573. The van der Waals surface area contributed by atoms with E-state index in [1.165, 1.54) is 0 Å². The van der Waals surface area contributed by atoms with Gasteiger partial charge in [-0.05, 0) is 12.1 Å². The van der Waals surface area contributed by atoms with Gasteiger partial charge in [-0.25, -0.2) is 4.99 Å². The van der Waals surface area contributed by atoms with Crippen molar-refractivity contribution >= 4 is 12.3 Å². The lowest BCUT2D eigenvalue weighted by Gasteiger charge is -2.16. The highest BCUT2D eigenvalue weighted by Gasteiger charge is 2.30. The van der Waals surface area contributed by atoms with Crippen LogP contribution in [0.25, 0.3) is 6.08 Å². The van der Waals surface area contributed by atoms with Gasteiger partial charge in [-0.2, -0.15) is 0 Å². The van der Waals surface area contributed by atoms with Gasteiger partial charge in [0, 0.05) is 24.2 Å². The summed E-state index contributed by atoms with van der Waals surface area (Å²) >= 11 is 0. The zero-order valence-corrected chi connectivity index (χ0v) is 7.34. The third-order valence-corrected chi connectivity index (χ3v) is 2.20. The molecule has 1 aromatic heterocycles. The number of hydrogen-bond donors (Lipinski definition) is 0. The first-order chi connectivity index (χ1) is 6.93. The van der Waals surface area contributed by atoms with Gasteiger partial charge in [0.1, 0.15) is 5.75 Å². The van der Waals surface area contributed by atoms with Gasteiger partial charge in [0.25, 0.3) is 12.3 Å². The van der Waals surface area contributed by atoms with Crippen LogP contribution >= 0.6 is 0 Å². The molecule has 0 amide bonds. The monoisotopic (exact) mass is 183 g/mol. The molecule has 3 rings (SSSR count). The average molecular weight is 183 g/mol. The third-order valence-electron chi connectivity index (χ3n) is 2.20. The molecule has 0 N–H and O–H groups in total. The second kappa shape index (κ2) is 2.76. The van der Waals surface area contributed by atoms with Gasteiger partial charge in [-0.3, -0.25) is 4.98 Å². The predicted octanol–water partition coefficient (Wildman–Crippen LogP) is 1.63. The summed E-state index contributed by atoms with van der Waals surface area (Å²) in [7, 11) is 0. The van der Waals surface area contributed by atoms with Crippen molar-refractivity contribution in [2.24, 2.45) is 4.99 Å². The van der Waals surface area contributed by atoms with E-state index in [1.54, 1.807) is 24.8 Å². The minimum atomic E-state index is -0.109. The number of nitrogens with zero attached hydrogens (tertiary/aromatic N) is 2. The summed E-state index contributed by atoms with van der Waals surface area (Å²) in [5.41, 5.74) is 2.02. The average Bonchev–Trinajstić information content (AvgIpc) is 2.26. The highest BCUT2D eigenvalue weighted by molar-refractivity contribution is 5.90. The lowest BCUT2D eigenvalue weighted by molar-refractivity contribution is 0.278. The Morgan fingerprint density at radius 1 is 1.43 bits per heavy atom. The largest absolute Gasteiger partial charge is 0.437 e. The summed E-state index contributed by atoms with van der Waals surface area (Å²) in [5.74, 6) is 0.852. The molecule has 0 fully saturated rings. The predicted molar refractivity (Wildman–Crippen MR) is 52.9 cm³/mol. The van der Waals surface area contributed by atoms with Crippen molar-refractivity contribution < 1.29 is 4.74 Å². The van der Waals surface area contributed by atoms with E-state index in [0.29, 0.717) is 0 Å².